The van der Waals surface area contributed by atoms with E-state index in [0.29, 0.717) is 6.04 Å². The summed E-state index contributed by atoms with van der Waals surface area (Å²) in [6.07, 6.45) is 2.03. The van der Waals surface area contributed by atoms with Crippen LogP contribution in [-0.2, 0) is 0 Å². The average molecular weight is 153 g/mol. The molecule has 1 aliphatic rings. The van der Waals surface area contributed by atoms with Gasteiger partial charge in [0.1, 0.15) is 0 Å². The minimum atomic E-state index is 0.558. The van der Waals surface area contributed by atoms with Crippen molar-refractivity contribution in [3.05, 3.63) is 12.7 Å². The highest BCUT2D eigenvalue weighted by Crippen LogP contribution is 2.23. The summed E-state index contributed by atoms with van der Waals surface area (Å²) in [5.74, 6) is 1.72. The van der Waals surface area contributed by atoms with Crippen LogP contribution in [0.15, 0.2) is 12.7 Å². The average Bonchev–Trinajstić information content (AvgIpc) is 2.31. The van der Waals surface area contributed by atoms with E-state index in [9.17, 15) is 0 Å². The van der Waals surface area contributed by atoms with Crippen LogP contribution in [0, 0.1) is 11.8 Å². The third kappa shape index (κ3) is 1.84. The second-order valence-corrected chi connectivity index (χ2v) is 3.88. The molecule has 3 atom stereocenters. The minimum Gasteiger partial charge on any atom is -0.297 e. The molecule has 0 aromatic rings. The van der Waals surface area contributed by atoms with E-state index in [2.05, 4.69) is 32.3 Å². The normalized spacial score (nSPS) is 35.5. The van der Waals surface area contributed by atoms with E-state index < -0.39 is 0 Å². The highest BCUT2D eigenvalue weighted by atomic mass is 15.2. The number of hydrogen-bond acceptors (Lipinski definition) is 1. The molecule has 11 heavy (non-hydrogen) atoms. The Morgan fingerprint density at radius 1 is 1.36 bits per heavy atom. The molecule has 0 spiro atoms. The quantitative estimate of drug-likeness (QED) is 0.549. The fourth-order valence-corrected chi connectivity index (χ4v) is 1.66. The van der Waals surface area contributed by atoms with Gasteiger partial charge in [-0.15, -0.1) is 6.58 Å². The topological polar surface area (TPSA) is 3.24 Å². The predicted octanol–water partition coefficient (Wildman–Crippen LogP) is 2.15. The molecule has 1 heteroatoms. The number of rotatable bonds is 2. The maximum absolute atomic E-state index is 3.81. The zero-order valence-electron chi connectivity index (χ0n) is 7.88. The molecule has 1 nitrogen and oxygen atoms in total. The number of likely N-dealkylation sites (tertiary alicyclic amines) is 1. The summed E-state index contributed by atoms with van der Waals surface area (Å²) in [7, 11) is 0. The van der Waals surface area contributed by atoms with Gasteiger partial charge in [0.25, 0.3) is 0 Å². The van der Waals surface area contributed by atoms with Crippen LogP contribution in [0.1, 0.15) is 20.8 Å². The molecule has 1 aliphatic heterocycles. The van der Waals surface area contributed by atoms with Crippen molar-refractivity contribution in [1.82, 2.24) is 4.90 Å². The second kappa shape index (κ2) is 3.40. The van der Waals surface area contributed by atoms with Crippen molar-refractivity contribution in [3.63, 3.8) is 0 Å². The lowest BCUT2D eigenvalue weighted by Gasteiger charge is -2.20. The zero-order chi connectivity index (χ0) is 8.43. The van der Waals surface area contributed by atoms with Gasteiger partial charge in [-0.2, -0.15) is 0 Å². The lowest BCUT2D eigenvalue weighted by molar-refractivity contribution is 0.287. The molecular formula is C10H19N. The summed E-state index contributed by atoms with van der Waals surface area (Å²) in [6, 6.07) is 0.558. The summed E-state index contributed by atoms with van der Waals surface area (Å²) >= 11 is 0. The minimum absolute atomic E-state index is 0.558. The van der Waals surface area contributed by atoms with Crippen LogP contribution in [0.25, 0.3) is 0 Å². The SMILES string of the molecule is C=CC(C)N1CC(C)C(C)C1. The fourth-order valence-electron chi connectivity index (χ4n) is 1.66. The lowest BCUT2D eigenvalue weighted by atomic mass is 10.0. The summed E-state index contributed by atoms with van der Waals surface area (Å²) in [5.41, 5.74) is 0. The highest BCUT2D eigenvalue weighted by molar-refractivity contribution is 4.89. The summed E-state index contributed by atoms with van der Waals surface area (Å²) in [6.45, 7) is 13.2. The molecule has 1 fully saturated rings. The Hall–Kier alpha value is -0.300. The van der Waals surface area contributed by atoms with Gasteiger partial charge in [0.2, 0.25) is 0 Å². The Kier molecular flexibility index (Phi) is 2.72. The maximum atomic E-state index is 3.81. The van der Waals surface area contributed by atoms with E-state index in [4.69, 9.17) is 0 Å². The number of nitrogens with zero attached hydrogens (tertiary/aromatic N) is 1. The van der Waals surface area contributed by atoms with Crippen molar-refractivity contribution in [2.24, 2.45) is 11.8 Å². The van der Waals surface area contributed by atoms with Gasteiger partial charge in [-0.25, -0.2) is 0 Å². The van der Waals surface area contributed by atoms with Crippen LogP contribution in [0.5, 0.6) is 0 Å². The van der Waals surface area contributed by atoms with E-state index >= 15 is 0 Å². The predicted molar refractivity (Wildman–Crippen MR) is 49.6 cm³/mol. The van der Waals surface area contributed by atoms with E-state index in [-0.39, 0.29) is 0 Å². The Morgan fingerprint density at radius 3 is 2.18 bits per heavy atom. The lowest BCUT2D eigenvalue weighted by Crippen LogP contribution is -2.29. The Labute approximate surface area is 70.1 Å². The smallest absolute Gasteiger partial charge is 0.0247 e. The van der Waals surface area contributed by atoms with Gasteiger partial charge in [0, 0.05) is 19.1 Å². The number of hydrogen-bond donors (Lipinski definition) is 0. The van der Waals surface area contributed by atoms with Gasteiger partial charge in [0.15, 0.2) is 0 Å². The Balaban J connectivity index is 2.46. The first-order valence-corrected chi connectivity index (χ1v) is 4.51. The highest BCUT2D eigenvalue weighted by Gasteiger charge is 2.27. The Bertz CT molecular complexity index is 132. The van der Waals surface area contributed by atoms with Crippen LogP contribution < -0.4 is 0 Å². The molecule has 1 rings (SSSR count). The molecular weight excluding hydrogens is 134 g/mol. The molecule has 64 valence electrons. The summed E-state index contributed by atoms with van der Waals surface area (Å²) < 4.78 is 0. The third-order valence-electron chi connectivity index (χ3n) is 2.93. The molecule has 0 aromatic heterocycles. The molecule has 0 saturated carbocycles. The first-order valence-electron chi connectivity index (χ1n) is 4.51. The van der Waals surface area contributed by atoms with Crippen LogP contribution in [0.2, 0.25) is 0 Å². The largest absolute Gasteiger partial charge is 0.297 e. The van der Waals surface area contributed by atoms with Crippen LogP contribution in [0.3, 0.4) is 0 Å². The van der Waals surface area contributed by atoms with Crippen LogP contribution >= 0.6 is 0 Å². The van der Waals surface area contributed by atoms with E-state index in [1.54, 1.807) is 0 Å². The van der Waals surface area contributed by atoms with Gasteiger partial charge in [-0.3, -0.25) is 4.90 Å². The molecule has 0 aromatic carbocycles. The summed E-state index contributed by atoms with van der Waals surface area (Å²) in [5, 5.41) is 0. The maximum Gasteiger partial charge on any atom is 0.0247 e. The molecule has 0 N–H and O–H groups in total. The molecule has 0 aliphatic carbocycles. The van der Waals surface area contributed by atoms with E-state index in [0.717, 1.165) is 11.8 Å². The monoisotopic (exact) mass is 153 g/mol. The van der Waals surface area contributed by atoms with Gasteiger partial charge < -0.3 is 0 Å². The molecule has 1 heterocycles. The molecule has 1 saturated heterocycles. The zero-order valence-corrected chi connectivity index (χ0v) is 7.88. The van der Waals surface area contributed by atoms with Gasteiger partial charge in [-0.1, -0.05) is 19.9 Å². The fraction of sp³-hybridized carbons (Fsp3) is 0.800. The molecule has 0 bridgehead atoms. The van der Waals surface area contributed by atoms with Crippen LogP contribution in [-0.4, -0.2) is 24.0 Å². The van der Waals surface area contributed by atoms with Gasteiger partial charge in [-0.05, 0) is 18.8 Å². The van der Waals surface area contributed by atoms with E-state index in [1.807, 2.05) is 6.08 Å². The molecule has 0 amide bonds. The van der Waals surface area contributed by atoms with Crippen molar-refractivity contribution in [3.8, 4) is 0 Å². The first-order chi connectivity index (χ1) is 5.15. The standard InChI is InChI=1S/C10H19N/c1-5-10(4)11-6-8(2)9(3)7-11/h5,8-10H,1,6-7H2,2-4H3. The van der Waals surface area contributed by atoms with Crippen molar-refractivity contribution in [2.45, 2.75) is 26.8 Å². The van der Waals surface area contributed by atoms with Gasteiger partial charge in [0.05, 0.1) is 0 Å². The second-order valence-electron chi connectivity index (χ2n) is 3.88. The van der Waals surface area contributed by atoms with Gasteiger partial charge >= 0.3 is 0 Å². The van der Waals surface area contributed by atoms with Crippen molar-refractivity contribution < 1.29 is 0 Å². The van der Waals surface area contributed by atoms with Crippen molar-refractivity contribution in [1.29, 1.82) is 0 Å². The Morgan fingerprint density at radius 2 is 1.82 bits per heavy atom. The third-order valence-corrected chi connectivity index (χ3v) is 2.93. The van der Waals surface area contributed by atoms with Crippen molar-refractivity contribution in [2.75, 3.05) is 13.1 Å². The summed E-state index contributed by atoms with van der Waals surface area (Å²) in [4.78, 5) is 2.50. The van der Waals surface area contributed by atoms with Crippen molar-refractivity contribution >= 4 is 0 Å². The first kappa shape index (κ1) is 8.79. The van der Waals surface area contributed by atoms with Crippen LogP contribution in [0.4, 0.5) is 0 Å². The molecule has 3 unspecified atom stereocenters. The van der Waals surface area contributed by atoms with E-state index in [1.165, 1.54) is 13.1 Å². The molecule has 0 radical (unpaired) electrons.